The number of nitrogens with one attached hydrogen (secondary N) is 2. The average Bonchev–Trinajstić information content (AvgIpc) is 3.27. The van der Waals surface area contributed by atoms with Gasteiger partial charge in [0, 0.05) is 42.2 Å². The third-order valence-corrected chi connectivity index (χ3v) is 12.0. The Kier molecular flexibility index (Phi) is 7.60. The maximum Gasteiger partial charge on any atom is 0.223 e. The van der Waals surface area contributed by atoms with Crippen molar-refractivity contribution in [3.63, 3.8) is 0 Å². The molecule has 0 bridgehead atoms. The molecule has 0 aromatic rings. The van der Waals surface area contributed by atoms with Crippen molar-refractivity contribution in [3.05, 3.63) is 0 Å². The lowest BCUT2D eigenvalue weighted by Gasteiger charge is -2.38. The molecule has 172 valence electrons. The first-order valence-corrected chi connectivity index (χ1v) is 14.6. The Hall–Kier alpha value is -0.0200. The van der Waals surface area contributed by atoms with E-state index in [0.29, 0.717) is 30.9 Å². The molecule has 1 heterocycles. The molecule has 2 N–H and O–H groups in total. The van der Waals surface area contributed by atoms with Crippen LogP contribution < -0.4 is 10.6 Å². The largest absolute Gasteiger partial charge is 0.352 e. The molecule has 1 saturated heterocycles. The second kappa shape index (κ2) is 9.86. The van der Waals surface area contributed by atoms with Crippen molar-refractivity contribution in [3.8, 4) is 0 Å². The summed E-state index contributed by atoms with van der Waals surface area (Å²) in [5, 5.41) is 6.89. The van der Waals surface area contributed by atoms with Crippen LogP contribution in [0.1, 0.15) is 70.6 Å². The first-order chi connectivity index (χ1) is 14.4. The normalized spacial score (nSPS) is 38.4. The summed E-state index contributed by atoms with van der Waals surface area (Å²) >= 11 is 8.31. The van der Waals surface area contributed by atoms with Gasteiger partial charge in [0.1, 0.15) is 0 Å². The van der Waals surface area contributed by atoms with E-state index in [1.54, 1.807) is 11.4 Å². The molecular weight excluding hydrogens is 442 g/mol. The lowest BCUT2D eigenvalue weighted by atomic mass is 9.86. The average molecular weight is 478 g/mol. The van der Waals surface area contributed by atoms with Gasteiger partial charge in [0.15, 0.2) is 0 Å². The maximum atomic E-state index is 13.1. The summed E-state index contributed by atoms with van der Waals surface area (Å²) in [6, 6.07) is 0.593. The van der Waals surface area contributed by atoms with Crippen molar-refractivity contribution >= 4 is 39.3 Å². The highest BCUT2D eigenvalue weighted by molar-refractivity contribution is 8.00. The monoisotopic (exact) mass is 477 g/mol. The molecule has 3 saturated carbocycles. The quantitative estimate of drug-likeness (QED) is 0.595. The van der Waals surface area contributed by atoms with Gasteiger partial charge >= 0.3 is 0 Å². The first kappa shape index (κ1) is 23.1. The standard InChI is InChI=1S/C21H36ClN3O3S2/c1-25(15-5-3-2-4-6-15)30(27,28)16-9-7-14(8-10-16)21(26)24-18-12-11-17(22)19-20(18)29-13-23-19/h14-20,23H,2-13H2,1H3,(H,24,26). The molecule has 0 radical (unpaired) electrons. The van der Waals surface area contributed by atoms with Crippen LogP contribution in [-0.4, -0.2) is 65.6 Å². The molecule has 3 aliphatic carbocycles. The maximum absolute atomic E-state index is 13.1. The number of hydrogen-bond acceptors (Lipinski definition) is 5. The fourth-order valence-corrected chi connectivity index (χ4v) is 9.64. The van der Waals surface area contributed by atoms with E-state index in [4.69, 9.17) is 11.6 Å². The fraction of sp³-hybridized carbons (Fsp3) is 0.952. The lowest BCUT2D eigenvalue weighted by Crippen LogP contribution is -2.55. The number of carbonyl (C=O) groups excluding carboxylic acids is 1. The number of carbonyl (C=O) groups is 1. The van der Waals surface area contributed by atoms with Gasteiger partial charge in [0.05, 0.1) is 10.6 Å². The van der Waals surface area contributed by atoms with E-state index < -0.39 is 10.0 Å². The van der Waals surface area contributed by atoms with Gasteiger partial charge in [-0.3, -0.25) is 4.79 Å². The zero-order chi connectivity index (χ0) is 21.3. The Morgan fingerprint density at radius 3 is 2.43 bits per heavy atom. The molecule has 9 heteroatoms. The molecule has 4 rings (SSSR count). The van der Waals surface area contributed by atoms with Crippen LogP contribution in [0.15, 0.2) is 0 Å². The molecular formula is C21H36ClN3O3S2. The molecule has 4 atom stereocenters. The zero-order valence-corrected chi connectivity index (χ0v) is 20.3. The molecule has 0 aromatic heterocycles. The van der Waals surface area contributed by atoms with Crippen LogP contribution in [0.4, 0.5) is 0 Å². The third kappa shape index (κ3) is 4.82. The van der Waals surface area contributed by atoms with E-state index in [1.807, 2.05) is 11.8 Å². The number of alkyl halides is 1. The van der Waals surface area contributed by atoms with Crippen molar-refractivity contribution in [1.29, 1.82) is 0 Å². The van der Waals surface area contributed by atoms with E-state index >= 15 is 0 Å². The van der Waals surface area contributed by atoms with Gasteiger partial charge in [-0.25, -0.2) is 12.7 Å². The minimum Gasteiger partial charge on any atom is -0.352 e. The van der Waals surface area contributed by atoms with Crippen molar-refractivity contribution in [2.45, 2.75) is 105 Å². The number of halogens is 1. The number of amides is 1. The van der Waals surface area contributed by atoms with Gasteiger partial charge in [-0.05, 0) is 51.4 Å². The third-order valence-electron chi connectivity index (χ3n) is 7.77. The molecule has 6 nitrogen and oxygen atoms in total. The van der Waals surface area contributed by atoms with E-state index in [9.17, 15) is 13.2 Å². The van der Waals surface area contributed by atoms with Crippen molar-refractivity contribution < 1.29 is 13.2 Å². The molecule has 1 aliphatic heterocycles. The van der Waals surface area contributed by atoms with Gasteiger partial charge in [-0.15, -0.1) is 23.4 Å². The summed E-state index contributed by atoms with van der Waals surface area (Å²) in [5.41, 5.74) is 0. The topological polar surface area (TPSA) is 78.5 Å². The first-order valence-electron chi connectivity index (χ1n) is 11.6. The summed E-state index contributed by atoms with van der Waals surface area (Å²) in [5.74, 6) is 0.932. The SMILES string of the molecule is CN(C1CCCCC1)S(=O)(=O)C1CCC(C(=O)NC2CCC(Cl)C3NCSC23)CC1. The number of rotatable bonds is 5. The van der Waals surface area contributed by atoms with E-state index in [-0.39, 0.29) is 40.6 Å². The molecule has 30 heavy (non-hydrogen) atoms. The van der Waals surface area contributed by atoms with Gasteiger partial charge in [0.25, 0.3) is 0 Å². The van der Waals surface area contributed by atoms with Crippen LogP contribution in [0.25, 0.3) is 0 Å². The van der Waals surface area contributed by atoms with Crippen LogP contribution in [0.5, 0.6) is 0 Å². The van der Waals surface area contributed by atoms with Crippen LogP contribution in [-0.2, 0) is 14.8 Å². The number of nitrogens with zero attached hydrogens (tertiary/aromatic N) is 1. The Morgan fingerprint density at radius 1 is 1.03 bits per heavy atom. The van der Waals surface area contributed by atoms with Crippen molar-refractivity contribution in [2.75, 3.05) is 12.9 Å². The highest BCUT2D eigenvalue weighted by Crippen LogP contribution is 2.37. The highest BCUT2D eigenvalue weighted by atomic mass is 35.5. The van der Waals surface area contributed by atoms with Crippen molar-refractivity contribution in [2.24, 2.45) is 5.92 Å². The number of fused-ring (bicyclic) bond motifs is 1. The molecule has 0 aromatic carbocycles. The lowest BCUT2D eigenvalue weighted by molar-refractivity contribution is -0.126. The van der Waals surface area contributed by atoms with E-state index in [0.717, 1.165) is 44.4 Å². The molecule has 1 amide bonds. The number of sulfonamides is 1. The zero-order valence-electron chi connectivity index (χ0n) is 17.9. The minimum absolute atomic E-state index is 0.0667. The second-order valence-electron chi connectivity index (χ2n) is 9.54. The summed E-state index contributed by atoms with van der Waals surface area (Å²) in [7, 11) is -1.52. The summed E-state index contributed by atoms with van der Waals surface area (Å²) in [4.78, 5) is 12.9. The van der Waals surface area contributed by atoms with Gasteiger partial charge in [0.2, 0.25) is 15.9 Å². The Morgan fingerprint density at radius 2 is 1.73 bits per heavy atom. The summed E-state index contributed by atoms with van der Waals surface area (Å²) < 4.78 is 27.9. The van der Waals surface area contributed by atoms with E-state index in [1.165, 1.54) is 6.42 Å². The molecule has 4 unspecified atom stereocenters. The smallest absolute Gasteiger partial charge is 0.223 e. The van der Waals surface area contributed by atoms with Crippen molar-refractivity contribution in [1.82, 2.24) is 14.9 Å². The molecule has 0 spiro atoms. The fourth-order valence-electron chi connectivity index (χ4n) is 5.81. The Balaban J connectivity index is 1.29. The van der Waals surface area contributed by atoms with Crippen LogP contribution in [0.3, 0.4) is 0 Å². The molecule has 4 aliphatic rings. The van der Waals surface area contributed by atoms with Crippen LogP contribution >= 0.6 is 23.4 Å². The van der Waals surface area contributed by atoms with Crippen LogP contribution in [0.2, 0.25) is 0 Å². The number of hydrogen-bond donors (Lipinski definition) is 2. The predicted molar refractivity (Wildman–Crippen MR) is 123 cm³/mol. The predicted octanol–water partition coefficient (Wildman–Crippen LogP) is 3.06. The van der Waals surface area contributed by atoms with Gasteiger partial charge < -0.3 is 10.6 Å². The van der Waals surface area contributed by atoms with E-state index in [2.05, 4.69) is 10.6 Å². The Labute approximate surface area is 190 Å². The highest BCUT2D eigenvalue weighted by Gasteiger charge is 2.44. The summed E-state index contributed by atoms with van der Waals surface area (Å²) in [6.07, 6.45) is 9.77. The van der Waals surface area contributed by atoms with Gasteiger partial charge in [-0.2, -0.15) is 0 Å². The second-order valence-corrected chi connectivity index (χ2v) is 13.5. The number of thioether (sulfide) groups is 1. The summed E-state index contributed by atoms with van der Waals surface area (Å²) in [6.45, 7) is 0. The van der Waals surface area contributed by atoms with Gasteiger partial charge in [-0.1, -0.05) is 19.3 Å². The minimum atomic E-state index is -3.28. The molecule has 4 fully saturated rings. The Bertz CT molecular complexity index is 708. The van der Waals surface area contributed by atoms with Crippen LogP contribution in [0, 0.1) is 5.92 Å².